The fourth-order valence-corrected chi connectivity index (χ4v) is 0.747. The van der Waals surface area contributed by atoms with Gasteiger partial charge in [0, 0.05) is 0 Å². The molecule has 0 spiro atoms. The number of rotatable bonds is 4. The van der Waals surface area contributed by atoms with Crippen molar-refractivity contribution in [1.82, 2.24) is 0 Å². The Morgan fingerprint density at radius 1 is 1.33 bits per heavy atom. The minimum absolute atomic E-state index is 0. The van der Waals surface area contributed by atoms with Crippen molar-refractivity contribution >= 4 is 13.5 Å². The van der Waals surface area contributed by atoms with E-state index < -0.39 is 0 Å². The van der Waals surface area contributed by atoms with Crippen molar-refractivity contribution in [3.63, 3.8) is 0 Å². The smallest absolute Gasteiger partial charge is 0.00366 e. The van der Waals surface area contributed by atoms with Crippen LogP contribution < -0.4 is 5.73 Å². The van der Waals surface area contributed by atoms with Crippen LogP contribution in [0.3, 0.4) is 0 Å². The molecule has 0 atom stereocenters. The van der Waals surface area contributed by atoms with Crippen LogP contribution in [0.15, 0.2) is 36.5 Å². The highest BCUT2D eigenvalue weighted by Gasteiger charge is 1.92. The van der Waals surface area contributed by atoms with Crippen LogP contribution >= 0.6 is 13.5 Å². The van der Waals surface area contributed by atoms with Gasteiger partial charge in [-0.25, -0.2) is 0 Å². The molecule has 4 N–H and O–H groups in total. The molecule has 0 aliphatic carbocycles. The van der Waals surface area contributed by atoms with Crippen LogP contribution in [0.5, 0.6) is 0 Å². The Kier molecular flexibility index (Phi) is 15.3. The van der Waals surface area contributed by atoms with Gasteiger partial charge in [0.05, 0.1) is 0 Å². The molecule has 0 aliphatic heterocycles. The Morgan fingerprint density at radius 2 is 1.83 bits per heavy atom. The summed E-state index contributed by atoms with van der Waals surface area (Å²) in [6.45, 7) is 10.0. The van der Waals surface area contributed by atoms with E-state index in [-0.39, 0.29) is 19.0 Å². The van der Waals surface area contributed by atoms with Gasteiger partial charge in [-0.05, 0) is 31.0 Å². The predicted octanol–water partition coefficient (Wildman–Crippen LogP) is 1.31. The summed E-state index contributed by atoms with van der Waals surface area (Å²) in [6.07, 6.45) is 4.55. The number of hydrogen-bond acceptors (Lipinski definition) is 1. The highest BCUT2D eigenvalue weighted by Crippen LogP contribution is 2.08. The van der Waals surface area contributed by atoms with Gasteiger partial charge in [-0.1, -0.05) is 25.3 Å². The van der Waals surface area contributed by atoms with Crippen molar-refractivity contribution in [3.05, 3.63) is 36.5 Å². The highest BCUT2D eigenvalue weighted by molar-refractivity contribution is 7.59. The van der Waals surface area contributed by atoms with E-state index >= 15 is 0 Å². The molecule has 0 aromatic heterocycles. The van der Waals surface area contributed by atoms with Gasteiger partial charge in [0.2, 0.25) is 0 Å². The van der Waals surface area contributed by atoms with E-state index in [1.165, 1.54) is 11.1 Å². The fraction of sp³-hybridized carbons (Fsp3) is 0.333. The summed E-state index contributed by atoms with van der Waals surface area (Å²) in [5.74, 6) is 0. The predicted molar refractivity (Wildman–Crippen MR) is 60.8 cm³/mol. The summed E-state index contributed by atoms with van der Waals surface area (Å²) in [7, 11) is 0. The standard InChI is InChI=1S/C9H15N.H2O.H2S/c1-4-8(3)9(5-2)6-7-10;;/h4-5H,1-2,6-7,10H2,3H3;2*1H2/b9-8+;;. The van der Waals surface area contributed by atoms with Gasteiger partial charge < -0.3 is 11.2 Å². The van der Waals surface area contributed by atoms with Gasteiger partial charge >= 0.3 is 0 Å². The fourth-order valence-electron chi connectivity index (χ4n) is 0.747. The molecule has 0 unspecified atom stereocenters. The molecule has 3 heteroatoms. The summed E-state index contributed by atoms with van der Waals surface area (Å²) < 4.78 is 0. The third-order valence-electron chi connectivity index (χ3n) is 1.47. The molecule has 0 aromatic rings. The first-order chi connectivity index (χ1) is 4.76. The van der Waals surface area contributed by atoms with Crippen molar-refractivity contribution in [2.45, 2.75) is 13.3 Å². The molecule has 0 saturated heterocycles. The van der Waals surface area contributed by atoms with Crippen LogP contribution in [0, 0.1) is 0 Å². The Bertz CT molecular complexity index is 164. The normalized spacial score (nSPS) is 10.2. The average molecular weight is 189 g/mol. The first-order valence-electron chi connectivity index (χ1n) is 3.41. The van der Waals surface area contributed by atoms with E-state index in [4.69, 9.17) is 5.73 Å². The maximum absolute atomic E-state index is 5.38. The lowest BCUT2D eigenvalue weighted by molar-refractivity contribution is 0.824. The second kappa shape index (κ2) is 10.5. The molecule has 0 amide bonds. The van der Waals surface area contributed by atoms with E-state index in [1.54, 1.807) is 0 Å². The molecule has 0 bridgehead atoms. The van der Waals surface area contributed by atoms with Gasteiger partial charge in [0.1, 0.15) is 0 Å². The van der Waals surface area contributed by atoms with Gasteiger partial charge in [-0.2, -0.15) is 13.5 Å². The van der Waals surface area contributed by atoms with E-state index in [2.05, 4.69) is 13.2 Å². The lowest BCUT2D eigenvalue weighted by Crippen LogP contribution is -1.99. The summed E-state index contributed by atoms with van der Waals surface area (Å²) >= 11 is 0. The van der Waals surface area contributed by atoms with E-state index in [1.807, 2.05) is 19.1 Å². The Balaban J connectivity index is -0.000000405. The van der Waals surface area contributed by atoms with Crippen molar-refractivity contribution in [2.24, 2.45) is 5.73 Å². The largest absolute Gasteiger partial charge is 0.412 e. The molecule has 2 nitrogen and oxygen atoms in total. The van der Waals surface area contributed by atoms with Crippen molar-refractivity contribution in [2.75, 3.05) is 6.54 Å². The summed E-state index contributed by atoms with van der Waals surface area (Å²) in [6, 6.07) is 0. The number of hydrogen-bond donors (Lipinski definition) is 1. The van der Waals surface area contributed by atoms with Gasteiger partial charge in [-0.15, -0.1) is 0 Å². The van der Waals surface area contributed by atoms with Gasteiger partial charge in [0.15, 0.2) is 0 Å². The lowest BCUT2D eigenvalue weighted by atomic mass is 10.1. The molecule has 72 valence electrons. The number of nitrogens with two attached hydrogens (primary N) is 1. The molecule has 0 heterocycles. The number of allylic oxidation sites excluding steroid dienone is 3. The Morgan fingerprint density at radius 3 is 2.08 bits per heavy atom. The van der Waals surface area contributed by atoms with Gasteiger partial charge in [-0.3, -0.25) is 0 Å². The second-order valence-corrected chi connectivity index (χ2v) is 2.16. The Hall–Kier alpha value is -0.510. The molecule has 0 aliphatic rings. The van der Waals surface area contributed by atoms with Crippen LogP contribution in [0.2, 0.25) is 0 Å². The van der Waals surface area contributed by atoms with Crippen molar-refractivity contribution < 1.29 is 5.48 Å². The lowest BCUT2D eigenvalue weighted by Gasteiger charge is -2.01. The topological polar surface area (TPSA) is 57.5 Å². The average Bonchev–Trinajstić information content (AvgIpc) is 1.99. The van der Waals surface area contributed by atoms with Crippen LogP contribution in [0.4, 0.5) is 0 Å². The third kappa shape index (κ3) is 6.22. The maximum Gasteiger partial charge on any atom is -0.00366 e. The van der Waals surface area contributed by atoms with Crippen molar-refractivity contribution in [3.8, 4) is 0 Å². The molecule has 0 fully saturated rings. The van der Waals surface area contributed by atoms with E-state index in [0.717, 1.165) is 6.42 Å². The zero-order chi connectivity index (χ0) is 7.98. The first kappa shape index (κ1) is 17.5. The maximum atomic E-state index is 5.38. The molecular formula is C9H19NOS. The Labute approximate surface area is 81.6 Å². The SMILES string of the molecule is C=C/C(C)=C(\C=C)CCN.O.S. The molecule has 12 heavy (non-hydrogen) atoms. The zero-order valence-corrected chi connectivity index (χ0v) is 8.56. The zero-order valence-electron chi connectivity index (χ0n) is 7.56. The summed E-state index contributed by atoms with van der Waals surface area (Å²) in [5.41, 5.74) is 7.74. The van der Waals surface area contributed by atoms with E-state index in [0.29, 0.717) is 6.54 Å². The molecular weight excluding hydrogens is 170 g/mol. The van der Waals surface area contributed by atoms with Crippen LogP contribution in [-0.2, 0) is 0 Å². The molecule has 0 saturated carbocycles. The van der Waals surface area contributed by atoms with Crippen LogP contribution in [-0.4, -0.2) is 12.0 Å². The highest BCUT2D eigenvalue weighted by atomic mass is 32.1. The first-order valence-corrected chi connectivity index (χ1v) is 3.41. The third-order valence-corrected chi connectivity index (χ3v) is 1.47. The quantitative estimate of drug-likeness (QED) is 0.666. The summed E-state index contributed by atoms with van der Waals surface area (Å²) in [4.78, 5) is 0. The van der Waals surface area contributed by atoms with E-state index in [9.17, 15) is 0 Å². The molecule has 0 radical (unpaired) electrons. The van der Waals surface area contributed by atoms with Gasteiger partial charge in [0.25, 0.3) is 0 Å². The minimum atomic E-state index is 0. The molecule has 0 aromatic carbocycles. The van der Waals surface area contributed by atoms with Crippen LogP contribution in [0.25, 0.3) is 0 Å². The monoisotopic (exact) mass is 189 g/mol. The molecule has 0 rings (SSSR count). The van der Waals surface area contributed by atoms with Crippen LogP contribution in [0.1, 0.15) is 13.3 Å². The van der Waals surface area contributed by atoms with Crippen molar-refractivity contribution in [1.29, 1.82) is 0 Å². The second-order valence-electron chi connectivity index (χ2n) is 2.16. The minimum Gasteiger partial charge on any atom is -0.412 e. The summed E-state index contributed by atoms with van der Waals surface area (Å²) in [5, 5.41) is 0.